The largest absolute Gasteiger partial charge is 0.406 e. The molecule has 0 saturated carbocycles. The Bertz CT molecular complexity index is 338. The molecular formula is C10H16F3N3S. The Balaban J connectivity index is 2.65. The SMILES string of the molecule is CCNCc1cnc(N(CC)CC(F)(F)F)s1. The topological polar surface area (TPSA) is 28.2 Å². The summed E-state index contributed by atoms with van der Waals surface area (Å²) in [7, 11) is 0. The fourth-order valence-electron chi connectivity index (χ4n) is 1.30. The number of nitrogens with one attached hydrogen (secondary N) is 1. The zero-order chi connectivity index (χ0) is 12.9. The third-order valence-electron chi connectivity index (χ3n) is 2.11. The maximum Gasteiger partial charge on any atom is 0.406 e. The minimum absolute atomic E-state index is 0.299. The van der Waals surface area contributed by atoms with Crippen LogP contribution in [-0.4, -0.2) is 30.8 Å². The van der Waals surface area contributed by atoms with Gasteiger partial charge < -0.3 is 10.2 Å². The first-order valence-corrected chi connectivity index (χ1v) is 6.25. The molecule has 0 fully saturated rings. The van der Waals surface area contributed by atoms with Gasteiger partial charge in [0.15, 0.2) is 5.13 Å². The van der Waals surface area contributed by atoms with Crippen molar-refractivity contribution in [2.45, 2.75) is 26.6 Å². The Kier molecular flexibility index (Phi) is 5.20. The molecule has 0 atom stereocenters. The first kappa shape index (κ1) is 14.2. The second kappa shape index (κ2) is 6.20. The molecule has 1 rings (SSSR count). The van der Waals surface area contributed by atoms with Crippen molar-refractivity contribution in [3.05, 3.63) is 11.1 Å². The predicted molar refractivity (Wildman–Crippen MR) is 63.4 cm³/mol. The summed E-state index contributed by atoms with van der Waals surface area (Å²) >= 11 is 1.30. The summed E-state index contributed by atoms with van der Waals surface area (Å²) in [5.41, 5.74) is 0. The second-order valence-corrected chi connectivity index (χ2v) is 4.61. The molecule has 0 amide bonds. The molecule has 0 bridgehead atoms. The van der Waals surface area contributed by atoms with E-state index in [0.717, 1.165) is 11.4 Å². The monoisotopic (exact) mass is 267 g/mol. The van der Waals surface area contributed by atoms with Gasteiger partial charge in [-0.1, -0.05) is 6.92 Å². The summed E-state index contributed by atoms with van der Waals surface area (Å²) in [5, 5.41) is 3.54. The zero-order valence-electron chi connectivity index (χ0n) is 9.84. The molecule has 0 unspecified atom stereocenters. The summed E-state index contributed by atoms with van der Waals surface area (Å²) < 4.78 is 36.9. The number of alkyl halides is 3. The van der Waals surface area contributed by atoms with Gasteiger partial charge in [0.05, 0.1) is 0 Å². The average Bonchev–Trinajstić information content (AvgIpc) is 2.70. The average molecular weight is 267 g/mol. The van der Waals surface area contributed by atoms with E-state index in [1.807, 2.05) is 6.92 Å². The number of halogens is 3. The first-order valence-electron chi connectivity index (χ1n) is 5.43. The van der Waals surface area contributed by atoms with E-state index in [9.17, 15) is 13.2 Å². The van der Waals surface area contributed by atoms with Crippen LogP contribution < -0.4 is 10.2 Å². The highest BCUT2D eigenvalue weighted by atomic mass is 32.1. The Morgan fingerprint density at radius 3 is 2.65 bits per heavy atom. The van der Waals surface area contributed by atoms with Gasteiger partial charge in [0, 0.05) is 24.2 Å². The van der Waals surface area contributed by atoms with Crippen LogP contribution in [0.4, 0.5) is 18.3 Å². The Hall–Kier alpha value is -0.820. The molecule has 3 nitrogen and oxygen atoms in total. The molecule has 0 aliphatic rings. The van der Waals surface area contributed by atoms with Gasteiger partial charge in [0.25, 0.3) is 0 Å². The van der Waals surface area contributed by atoms with E-state index >= 15 is 0 Å². The van der Waals surface area contributed by atoms with Crippen LogP contribution in [0.25, 0.3) is 0 Å². The van der Waals surface area contributed by atoms with E-state index < -0.39 is 12.7 Å². The lowest BCUT2D eigenvalue weighted by Gasteiger charge is -2.21. The van der Waals surface area contributed by atoms with Crippen LogP contribution >= 0.6 is 11.3 Å². The summed E-state index contributed by atoms with van der Waals surface area (Å²) in [4.78, 5) is 6.21. The van der Waals surface area contributed by atoms with Crippen molar-refractivity contribution in [1.29, 1.82) is 0 Å². The molecule has 0 saturated heterocycles. The van der Waals surface area contributed by atoms with Crippen molar-refractivity contribution >= 4 is 16.5 Å². The molecule has 0 aromatic carbocycles. The zero-order valence-corrected chi connectivity index (χ0v) is 10.7. The van der Waals surface area contributed by atoms with Crippen molar-refractivity contribution in [3.63, 3.8) is 0 Å². The Morgan fingerprint density at radius 2 is 2.12 bits per heavy atom. The Labute approximate surface area is 103 Å². The number of aromatic nitrogens is 1. The number of nitrogens with zero attached hydrogens (tertiary/aromatic N) is 2. The number of rotatable bonds is 6. The number of hydrogen-bond donors (Lipinski definition) is 1. The van der Waals surface area contributed by atoms with E-state index in [1.165, 1.54) is 16.2 Å². The molecular weight excluding hydrogens is 251 g/mol. The predicted octanol–water partition coefficient (Wildman–Crippen LogP) is 2.64. The minimum Gasteiger partial charge on any atom is -0.339 e. The smallest absolute Gasteiger partial charge is 0.339 e. The van der Waals surface area contributed by atoms with Gasteiger partial charge in [-0.05, 0) is 13.5 Å². The lowest BCUT2D eigenvalue weighted by molar-refractivity contribution is -0.119. The van der Waals surface area contributed by atoms with Gasteiger partial charge in [-0.15, -0.1) is 11.3 Å². The molecule has 1 aromatic rings. The quantitative estimate of drug-likeness (QED) is 0.859. The fourth-order valence-corrected chi connectivity index (χ4v) is 2.25. The van der Waals surface area contributed by atoms with Gasteiger partial charge in [0.2, 0.25) is 0 Å². The lowest BCUT2D eigenvalue weighted by atomic mass is 10.5. The second-order valence-electron chi connectivity index (χ2n) is 3.52. The van der Waals surface area contributed by atoms with E-state index in [1.54, 1.807) is 13.1 Å². The molecule has 17 heavy (non-hydrogen) atoms. The van der Waals surface area contributed by atoms with E-state index in [-0.39, 0.29) is 0 Å². The maximum absolute atomic E-state index is 12.3. The van der Waals surface area contributed by atoms with Crippen molar-refractivity contribution in [2.75, 3.05) is 24.5 Å². The highest BCUT2D eigenvalue weighted by Gasteiger charge is 2.31. The molecule has 0 aliphatic heterocycles. The highest BCUT2D eigenvalue weighted by molar-refractivity contribution is 7.15. The third-order valence-corrected chi connectivity index (χ3v) is 3.17. The molecule has 7 heteroatoms. The lowest BCUT2D eigenvalue weighted by Crippen LogP contribution is -2.33. The van der Waals surface area contributed by atoms with E-state index in [2.05, 4.69) is 10.3 Å². The van der Waals surface area contributed by atoms with Crippen molar-refractivity contribution in [2.24, 2.45) is 0 Å². The normalized spacial score (nSPS) is 11.8. The molecule has 98 valence electrons. The summed E-state index contributed by atoms with van der Waals surface area (Å²) in [6, 6.07) is 0. The molecule has 1 aromatic heterocycles. The van der Waals surface area contributed by atoms with Crippen molar-refractivity contribution in [3.8, 4) is 0 Å². The van der Waals surface area contributed by atoms with Gasteiger partial charge in [0.1, 0.15) is 6.54 Å². The van der Waals surface area contributed by atoms with Crippen LogP contribution in [0.1, 0.15) is 18.7 Å². The van der Waals surface area contributed by atoms with Gasteiger partial charge in [-0.25, -0.2) is 4.98 Å². The van der Waals surface area contributed by atoms with Crippen LogP contribution in [0.3, 0.4) is 0 Å². The number of thiazole rings is 1. The van der Waals surface area contributed by atoms with Crippen LogP contribution in [0, 0.1) is 0 Å². The molecule has 0 spiro atoms. The van der Waals surface area contributed by atoms with Gasteiger partial charge in [-0.3, -0.25) is 0 Å². The first-order chi connectivity index (χ1) is 7.96. The molecule has 0 radical (unpaired) electrons. The van der Waals surface area contributed by atoms with Crippen LogP contribution in [0.15, 0.2) is 6.20 Å². The van der Waals surface area contributed by atoms with Crippen molar-refractivity contribution < 1.29 is 13.2 Å². The van der Waals surface area contributed by atoms with Crippen LogP contribution in [-0.2, 0) is 6.54 Å². The fraction of sp³-hybridized carbons (Fsp3) is 0.700. The third kappa shape index (κ3) is 4.91. The molecule has 1 N–H and O–H groups in total. The standard InChI is InChI=1S/C10H16F3N3S/c1-3-14-5-8-6-15-9(17-8)16(4-2)7-10(11,12)13/h6,14H,3-5,7H2,1-2H3. The summed E-state index contributed by atoms with van der Waals surface area (Å²) in [5.74, 6) is 0. The highest BCUT2D eigenvalue weighted by Crippen LogP contribution is 2.26. The number of hydrogen-bond acceptors (Lipinski definition) is 4. The van der Waals surface area contributed by atoms with Crippen LogP contribution in [0.2, 0.25) is 0 Å². The summed E-state index contributed by atoms with van der Waals surface area (Å²) in [6.45, 7) is 4.50. The van der Waals surface area contributed by atoms with Crippen LogP contribution in [0.5, 0.6) is 0 Å². The van der Waals surface area contributed by atoms with E-state index in [4.69, 9.17) is 0 Å². The van der Waals surface area contributed by atoms with Crippen molar-refractivity contribution in [1.82, 2.24) is 10.3 Å². The van der Waals surface area contributed by atoms with E-state index in [0.29, 0.717) is 18.2 Å². The Morgan fingerprint density at radius 1 is 1.41 bits per heavy atom. The van der Waals surface area contributed by atoms with Gasteiger partial charge in [-0.2, -0.15) is 13.2 Å². The minimum atomic E-state index is -4.19. The molecule has 1 heterocycles. The maximum atomic E-state index is 12.3. The summed E-state index contributed by atoms with van der Waals surface area (Å²) in [6.07, 6.45) is -2.56. The number of anilines is 1. The molecule has 0 aliphatic carbocycles. The van der Waals surface area contributed by atoms with Gasteiger partial charge >= 0.3 is 6.18 Å².